The van der Waals surface area contributed by atoms with Gasteiger partial charge in [-0.1, -0.05) is 6.07 Å². The molecule has 1 aliphatic rings. The van der Waals surface area contributed by atoms with E-state index < -0.39 is 15.7 Å². The van der Waals surface area contributed by atoms with Gasteiger partial charge < -0.3 is 15.0 Å². The molecule has 0 saturated carbocycles. The Morgan fingerprint density at radius 1 is 1.33 bits per heavy atom. The minimum Gasteiger partial charge on any atom is -0.493 e. The van der Waals surface area contributed by atoms with Crippen molar-refractivity contribution in [1.29, 1.82) is 0 Å². The first-order valence-corrected chi connectivity index (χ1v) is 8.81. The van der Waals surface area contributed by atoms with Crippen molar-refractivity contribution in [2.24, 2.45) is 0 Å². The normalized spacial score (nSPS) is 16.9. The van der Waals surface area contributed by atoms with E-state index in [9.17, 15) is 12.8 Å². The molecule has 0 aromatic heterocycles. The minimum atomic E-state index is -3.59. The minimum absolute atomic E-state index is 0.0352. The Labute approximate surface area is 125 Å². The SMILES string of the molecule is COc1c(CCN2CCNCC2)ccc(S(C)(=O)=O)c1F. The van der Waals surface area contributed by atoms with Crippen LogP contribution >= 0.6 is 0 Å². The molecule has 1 N–H and O–H groups in total. The summed E-state index contributed by atoms with van der Waals surface area (Å²) in [5, 5.41) is 3.28. The lowest BCUT2D eigenvalue weighted by Gasteiger charge is -2.27. The van der Waals surface area contributed by atoms with Gasteiger partial charge in [0.2, 0.25) is 0 Å². The third-order valence-electron chi connectivity index (χ3n) is 3.65. The van der Waals surface area contributed by atoms with Crippen molar-refractivity contribution < 1.29 is 17.5 Å². The van der Waals surface area contributed by atoms with Crippen molar-refractivity contribution in [2.45, 2.75) is 11.3 Å². The second-order valence-electron chi connectivity index (χ2n) is 5.18. The maximum Gasteiger partial charge on any atom is 0.183 e. The van der Waals surface area contributed by atoms with Gasteiger partial charge in [0.15, 0.2) is 21.4 Å². The summed E-state index contributed by atoms with van der Waals surface area (Å²) < 4.78 is 42.4. The molecule has 1 aromatic rings. The number of hydrogen-bond donors (Lipinski definition) is 1. The lowest BCUT2D eigenvalue weighted by Crippen LogP contribution is -2.44. The zero-order chi connectivity index (χ0) is 15.5. The number of halogens is 1. The Balaban J connectivity index is 2.18. The summed E-state index contributed by atoms with van der Waals surface area (Å²) in [6, 6.07) is 2.96. The lowest BCUT2D eigenvalue weighted by atomic mass is 10.1. The molecule has 1 fully saturated rings. The van der Waals surface area contributed by atoms with Gasteiger partial charge in [-0.2, -0.15) is 0 Å². The summed E-state index contributed by atoms with van der Waals surface area (Å²) in [5.41, 5.74) is 0.695. The molecule has 1 saturated heterocycles. The second-order valence-corrected chi connectivity index (χ2v) is 7.17. The van der Waals surface area contributed by atoms with E-state index >= 15 is 0 Å². The van der Waals surface area contributed by atoms with E-state index in [0.717, 1.165) is 39.0 Å². The summed E-state index contributed by atoms with van der Waals surface area (Å²) >= 11 is 0. The molecule has 1 aliphatic heterocycles. The first-order valence-electron chi connectivity index (χ1n) is 6.92. The van der Waals surface area contributed by atoms with E-state index in [-0.39, 0.29) is 10.6 Å². The van der Waals surface area contributed by atoms with E-state index in [0.29, 0.717) is 12.0 Å². The smallest absolute Gasteiger partial charge is 0.183 e. The van der Waals surface area contributed by atoms with Crippen molar-refractivity contribution in [1.82, 2.24) is 10.2 Å². The first kappa shape index (κ1) is 16.2. The summed E-state index contributed by atoms with van der Waals surface area (Å²) in [4.78, 5) is 1.98. The number of nitrogens with zero attached hydrogens (tertiary/aromatic N) is 1. The van der Waals surface area contributed by atoms with E-state index in [2.05, 4.69) is 10.2 Å². The molecule has 5 nitrogen and oxygen atoms in total. The monoisotopic (exact) mass is 316 g/mol. The average Bonchev–Trinajstić information content (AvgIpc) is 2.45. The molecule has 1 heterocycles. The molecule has 0 spiro atoms. The summed E-state index contributed by atoms with van der Waals surface area (Å²) in [6.45, 7) is 4.64. The van der Waals surface area contributed by atoms with Gasteiger partial charge >= 0.3 is 0 Å². The van der Waals surface area contributed by atoms with E-state index in [1.54, 1.807) is 6.07 Å². The van der Waals surface area contributed by atoms with Gasteiger partial charge in [-0.3, -0.25) is 0 Å². The topological polar surface area (TPSA) is 58.6 Å². The van der Waals surface area contributed by atoms with Crippen molar-refractivity contribution in [3.63, 3.8) is 0 Å². The number of methoxy groups -OCH3 is 1. The highest BCUT2D eigenvalue weighted by atomic mass is 32.2. The summed E-state index contributed by atoms with van der Waals surface area (Å²) in [6.07, 6.45) is 1.62. The highest BCUT2D eigenvalue weighted by molar-refractivity contribution is 7.90. The molecular weight excluding hydrogens is 295 g/mol. The zero-order valence-corrected chi connectivity index (χ0v) is 13.2. The number of piperazine rings is 1. The number of benzene rings is 1. The number of sulfone groups is 1. The Bertz CT molecular complexity index is 598. The number of ether oxygens (including phenoxy) is 1. The van der Waals surface area contributed by atoms with Crippen LogP contribution in [0.2, 0.25) is 0 Å². The highest BCUT2D eigenvalue weighted by Gasteiger charge is 2.21. The fourth-order valence-corrected chi connectivity index (χ4v) is 3.23. The maximum absolute atomic E-state index is 14.3. The van der Waals surface area contributed by atoms with Gasteiger partial charge in [0.1, 0.15) is 4.90 Å². The fraction of sp³-hybridized carbons (Fsp3) is 0.571. The molecule has 7 heteroatoms. The van der Waals surface area contributed by atoms with Crippen LogP contribution in [0.15, 0.2) is 17.0 Å². The molecule has 21 heavy (non-hydrogen) atoms. The summed E-state index contributed by atoms with van der Waals surface area (Å²) in [5.74, 6) is -0.758. The van der Waals surface area contributed by atoms with E-state index in [4.69, 9.17) is 4.74 Å². The van der Waals surface area contributed by atoms with Crippen LogP contribution < -0.4 is 10.1 Å². The number of nitrogens with one attached hydrogen (secondary N) is 1. The third kappa shape index (κ3) is 3.93. The molecule has 2 rings (SSSR count). The lowest BCUT2D eigenvalue weighted by molar-refractivity contribution is 0.242. The highest BCUT2D eigenvalue weighted by Crippen LogP contribution is 2.28. The van der Waals surface area contributed by atoms with Crippen molar-refractivity contribution in [2.75, 3.05) is 46.1 Å². The van der Waals surface area contributed by atoms with Crippen LogP contribution in [0.25, 0.3) is 0 Å². The van der Waals surface area contributed by atoms with E-state index in [1.807, 2.05) is 0 Å². The molecule has 0 atom stereocenters. The maximum atomic E-state index is 14.3. The van der Waals surface area contributed by atoms with Crippen LogP contribution in [0, 0.1) is 5.82 Å². The molecule has 0 radical (unpaired) electrons. The van der Waals surface area contributed by atoms with Crippen LogP contribution in [-0.4, -0.2) is 59.4 Å². The summed E-state index contributed by atoms with van der Waals surface area (Å²) in [7, 11) is -2.23. The van der Waals surface area contributed by atoms with Crippen LogP contribution in [0.3, 0.4) is 0 Å². The predicted octanol–water partition coefficient (Wildman–Crippen LogP) is 0.685. The van der Waals surface area contributed by atoms with Gasteiger partial charge in [-0.05, 0) is 18.1 Å². The molecule has 0 unspecified atom stereocenters. The molecule has 118 valence electrons. The fourth-order valence-electron chi connectivity index (χ4n) is 2.50. The van der Waals surface area contributed by atoms with Gasteiger partial charge in [0.05, 0.1) is 7.11 Å². The van der Waals surface area contributed by atoms with Crippen LogP contribution in [-0.2, 0) is 16.3 Å². The number of rotatable bonds is 5. The van der Waals surface area contributed by atoms with Crippen LogP contribution in [0.5, 0.6) is 5.75 Å². The predicted molar refractivity (Wildman–Crippen MR) is 79.1 cm³/mol. The van der Waals surface area contributed by atoms with E-state index in [1.165, 1.54) is 13.2 Å². The van der Waals surface area contributed by atoms with Crippen LogP contribution in [0.1, 0.15) is 5.56 Å². The van der Waals surface area contributed by atoms with Crippen molar-refractivity contribution >= 4 is 9.84 Å². The largest absolute Gasteiger partial charge is 0.493 e. The van der Waals surface area contributed by atoms with Gasteiger partial charge in [-0.15, -0.1) is 0 Å². The second kappa shape index (κ2) is 6.72. The molecule has 0 aliphatic carbocycles. The Hall–Kier alpha value is -1.18. The quantitative estimate of drug-likeness (QED) is 0.866. The molecular formula is C14H21FN2O3S. The molecule has 0 bridgehead atoms. The van der Waals surface area contributed by atoms with Crippen molar-refractivity contribution in [3.8, 4) is 5.75 Å². The standard InChI is InChI=1S/C14H21FN2O3S/c1-20-14-11(5-8-17-9-6-16-7-10-17)3-4-12(13(14)15)21(2,18)19/h3-4,16H,5-10H2,1-2H3. The third-order valence-corrected chi connectivity index (χ3v) is 4.77. The van der Waals surface area contributed by atoms with Gasteiger partial charge in [0, 0.05) is 39.0 Å². The van der Waals surface area contributed by atoms with Crippen molar-refractivity contribution in [3.05, 3.63) is 23.5 Å². The Morgan fingerprint density at radius 3 is 2.57 bits per heavy atom. The zero-order valence-electron chi connectivity index (χ0n) is 12.4. The van der Waals surface area contributed by atoms with Gasteiger partial charge in [-0.25, -0.2) is 12.8 Å². The molecule has 0 amide bonds. The van der Waals surface area contributed by atoms with Gasteiger partial charge in [0.25, 0.3) is 0 Å². The number of hydrogen-bond acceptors (Lipinski definition) is 5. The molecule has 1 aromatic carbocycles. The average molecular weight is 316 g/mol. The Kier molecular flexibility index (Phi) is 5.18. The Morgan fingerprint density at radius 2 is 2.00 bits per heavy atom. The first-order chi connectivity index (χ1) is 9.93. The van der Waals surface area contributed by atoms with Crippen LogP contribution in [0.4, 0.5) is 4.39 Å².